The van der Waals surface area contributed by atoms with E-state index >= 15 is 0 Å². The van der Waals surface area contributed by atoms with Crippen molar-refractivity contribution < 1.29 is 12.8 Å². The van der Waals surface area contributed by atoms with E-state index in [4.69, 9.17) is 5.14 Å². The molecule has 0 aliphatic carbocycles. The standard InChI is InChI=1S/C6H7NO3S/c1-2-5-3-4-10-6(5)11(7,8)9/h2-4H,1H2,(H2,7,8,9). The van der Waals surface area contributed by atoms with Crippen LogP contribution in [0.25, 0.3) is 6.08 Å². The SMILES string of the molecule is C=Cc1ccoc1S(N)(=O)=O. The molecule has 0 saturated heterocycles. The molecule has 5 heteroatoms. The topological polar surface area (TPSA) is 73.3 Å². The van der Waals surface area contributed by atoms with Crippen LogP contribution in [-0.4, -0.2) is 8.42 Å². The monoisotopic (exact) mass is 173 g/mol. The summed E-state index contributed by atoms with van der Waals surface area (Å²) in [5, 5.41) is 4.57. The van der Waals surface area contributed by atoms with E-state index in [0.717, 1.165) is 0 Å². The first kappa shape index (κ1) is 8.03. The van der Waals surface area contributed by atoms with Crippen molar-refractivity contribution in [3.8, 4) is 0 Å². The Morgan fingerprint density at radius 1 is 1.64 bits per heavy atom. The highest BCUT2D eigenvalue weighted by Gasteiger charge is 2.15. The summed E-state index contributed by atoms with van der Waals surface area (Å²) in [5.41, 5.74) is 0.382. The van der Waals surface area contributed by atoms with Gasteiger partial charge in [-0.15, -0.1) is 0 Å². The first-order valence-corrected chi connectivity index (χ1v) is 4.33. The van der Waals surface area contributed by atoms with E-state index in [1.165, 1.54) is 18.4 Å². The molecular formula is C6H7NO3S. The molecule has 11 heavy (non-hydrogen) atoms. The maximum atomic E-state index is 10.7. The van der Waals surface area contributed by atoms with Crippen molar-refractivity contribution in [1.82, 2.24) is 0 Å². The van der Waals surface area contributed by atoms with Crippen molar-refractivity contribution >= 4 is 16.1 Å². The van der Waals surface area contributed by atoms with E-state index in [-0.39, 0.29) is 5.09 Å². The number of hydrogen-bond donors (Lipinski definition) is 1. The molecule has 0 aliphatic heterocycles. The molecule has 60 valence electrons. The van der Waals surface area contributed by atoms with Crippen LogP contribution in [0.1, 0.15) is 5.56 Å². The van der Waals surface area contributed by atoms with Gasteiger partial charge < -0.3 is 4.42 Å². The van der Waals surface area contributed by atoms with E-state index < -0.39 is 10.0 Å². The van der Waals surface area contributed by atoms with Crippen molar-refractivity contribution in [2.45, 2.75) is 5.09 Å². The maximum Gasteiger partial charge on any atom is 0.272 e. The smallest absolute Gasteiger partial charge is 0.272 e. The van der Waals surface area contributed by atoms with Crippen molar-refractivity contribution in [2.75, 3.05) is 0 Å². The summed E-state index contributed by atoms with van der Waals surface area (Å²) in [6, 6.07) is 1.48. The Morgan fingerprint density at radius 3 is 2.64 bits per heavy atom. The molecule has 0 amide bonds. The van der Waals surface area contributed by atoms with Gasteiger partial charge in [-0.2, -0.15) is 0 Å². The Bertz CT molecular complexity index is 363. The second kappa shape index (κ2) is 2.52. The summed E-state index contributed by atoms with van der Waals surface area (Å²) in [6.45, 7) is 3.40. The van der Waals surface area contributed by atoms with E-state index in [0.29, 0.717) is 5.56 Å². The summed E-state index contributed by atoms with van der Waals surface area (Å²) in [4.78, 5) is 0. The molecule has 1 aromatic rings. The molecule has 0 spiro atoms. The summed E-state index contributed by atoms with van der Waals surface area (Å²) < 4.78 is 26.1. The van der Waals surface area contributed by atoms with Crippen LogP contribution in [0, 0.1) is 0 Å². The van der Waals surface area contributed by atoms with Crippen LogP contribution in [0.15, 0.2) is 28.4 Å². The molecule has 1 rings (SSSR count). The minimum atomic E-state index is -3.74. The molecule has 1 heterocycles. The zero-order chi connectivity index (χ0) is 8.48. The normalized spacial score (nSPS) is 11.4. The molecule has 0 bridgehead atoms. The van der Waals surface area contributed by atoms with Crippen molar-refractivity contribution in [1.29, 1.82) is 0 Å². The highest BCUT2D eigenvalue weighted by atomic mass is 32.2. The Hall–Kier alpha value is -1.07. The lowest BCUT2D eigenvalue weighted by atomic mass is 10.3. The minimum absolute atomic E-state index is 0.243. The predicted molar refractivity (Wildman–Crippen MR) is 40.2 cm³/mol. The highest BCUT2D eigenvalue weighted by molar-refractivity contribution is 7.89. The van der Waals surface area contributed by atoms with E-state index in [1.54, 1.807) is 0 Å². The van der Waals surface area contributed by atoms with E-state index in [2.05, 4.69) is 11.0 Å². The van der Waals surface area contributed by atoms with E-state index in [9.17, 15) is 8.42 Å². The zero-order valence-electron chi connectivity index (χ0n) is 5.65. The molecule has 0 radical (unpaired) electrons. The number of nitrogens with two attached hydrogens (primary N) is 1. The van der Waals surface area contributed by atoms with Crippen LogP contribution >= 0.6 is 0 Å². The van der Waals surface area contributed by atoms with Gasteiger partial charge in [-0.25, -0.2) is 13.6 Å². The quantitative estimate of drug-likeness (QED) is 0.710. The Balaban J connectivity index is 3.35. The van der Waals surface area contributed by atoms with Crippen molar-refractivity contribution in [3.63, 3.8) is 0 Å². The van der Waals surface area contributed by atoms with Gasteiger partial charge in [0.05, 0.1) is 6.26 Å². The molecule has 0 saturated carbocycles. The summed E-state index contributed by atoms with van der Waals surface area (Å²) in [5.74, 6) is 0. The number of sulfonamides is 1. The summed E-state index contributed by atoms with van der Waals surface area (Å²) in [7, 11) is -3.74. The molecule has 0 atom stereocenters. The van der Waals surface area contributed by atoms with Gasteiger partial charge in [0.15, 0.2) is 0 Å². The van der Waals surface area contributed by atoms with Crippen LogP contribution in [0.4, 0.5) is 0 Å². The average Bonchev–Trinajstić information content (AvgIpc) is 2.31. The third kappa shape index (κ3) is 1.50. The first-order chi connectivity index (χ1) is 5.05. The first-order valence-electron chi connectivity index (χ1n) is 2.78. The molecule has 0 unspecified atom stereocenters. The van der Waals surface area contributed by atoms with Gasteiger partial charge in [0.1, 0.15) is 0 Å². The Kier molecular flexibility index (Phi) is 1.84. The maximum absolute atomic E-state index is 10.7. The molecular weight excluding hydrogens is 166 g/mol. The summed E-state index contributed by atoms with van der Waals surface area (Å²) >= 11 is 0. The van der Waals surface area contributed by atoms with Gasteiger partial charge in [0, 0.05) is 5.56 Å². The average molecular weight is 173 g/mol. The fourth-order valence-corrected chi connectivity index (χ4v) is 1.36. The van der Waals surface area contributed by atoms with Gasteiger partial charge in [-0.3, -0.25) is 0 Å². The minimum Gasteiger partial charge on any atom is -0.451 e. The second-order valence-corrected chi connectivity index (χ2v) is 3.37. The van der Waals surface area contributed by atoms with Gasteiger partial charge in [0.2, 0.25) is 5.09 Å². The zero-order valence-corrected chi connectivity index (χ0v) is 6.47. The second-order valence-electron chi connectivity index (χ2n) is 1.91. The molecule has 0 fully saturated rings. The predicted octanol–water partition coefficient (Wildman–Crippen LogP) is 0.570. The van der Waals surface area contributed by atoms with Gasteiger partial charge in [-0.05, 0) is 6.07 Å². The Labute approximate surface area is 64.4 Å². The molecule has 1 aromatic heterocycles. The molecule has 0 aromatic carbocycles. The number of primary sulfonamides is 1. The van der Waals surface area contributed by atoms with Gasteiger partial charge in [0.25, 0.3) is 10.0 Å². The fourth-order valence-electron chi connectivity index (χ4n) is 0.688. The number of rotatable bonds is 2. The third-order valence-electron chi connectivity index (χ3n) is 1.14. The van der Waals surface area contributed by atoms with Crippen molar-refractivity contribution in [3.05, 3.63) is 24.5 Å². The lowest BCUT2D eigenvalue weighted by molar-refractivity contribution is 0.449. The lowest BCUT2D eigenvalue weighted by Crippen LogP contribution is -2.12. The fraction of sp³-hybridized carbons (Fsp3) is 0. The van der Waals surface area contributed by atoms with Crippen LogP contribution in [0.3, 0.4) is 0 Å². The largest absolute Gasteiger partial charge is 0.451 e. The third-order valence-corrected chi connectivity index (χ3v) is 1.99. The van der Waals surface area contributed by atoms with Crippen LogP contribution < -0.4 is 5.14 Å². The molecule has 0 aliphatic rings. The van der Waals surface area contributed by atoms with Crippen molar-refractivity contribution in [2.24, 2.45) is 5.14 Å². The number of furan rings is 1. The lowest BCUT2D eigenvalue weighted by Gasteiger charge is -1.91. The van der Waals surface area contributed by atoms with E-state index in [1.807, 2.05) is 0 Å². The van der Waals surface area contributed by atoms with Gasteiger partial charge in [-0.1, -0.05) is 12.7 Å². The van der Waals surface area contributed by atoms with Gasteiger partial charge >= 0.3 is 0 Å². The van der Waals surface area contributed by atoms with Crippen LogP contribution in [0.5, 0.6) is 0 Å². The summed E-state index contributed by atoms with van der Waals surface area (Å²) in [6.07, 6.45) is 2.61. The molecule has 2 N–H and O–H groups in total. The Morgan fingerprint density at radius 2 is 2.27 bits per heavy atom. The molecule has 4 nitrogen and oxygen atoms in total. The number of hydrogen-bond acceptors (Lipinski definition) is 3. The van der Waals surface area contributed by atoms with Crippen LogP contribution in [-0.2, 0) is 10.0 Å². The highest BCUT2D eigenvalue weighted by Crippen LogP contribution is 2.15. The van der Waals surface area contributed by atoms with Crippen LogP contribution in [0.2, 0.25) is 0 Å².